The van der Waals surface area contributed by atoms with Gasteiger partial charge in [0, 0.05) is 6.07 Å². The average Bonchev–Trinajstić information content (AvgIpc) is 2.77. The lowest BCUT2D eigenvalue weighted by Crippen LogP contribution is -1.86. The number of aromatic amines is 1. The fourth-order valence-corrected chi connectivity index (χ4v) is 1.32. The van der Waals surface area contributed by atoms with Gasteiger partial charge in [-0.05, 0) is 6.07 Å². The molecule has 0 saturated heterocycles. The summed E-state index contributed by atoms with van der Waals surface area (Å²) in [5, 5.41) is 36.0. The van der Waals surface area contributed by atoms with Gasteiger partial charge in [-0.2, -0.15) is 10.2 Å². The summed E-state index contributed by atoms with van der Waals surface area (Å²) in [6.07, 6.45) is 0. The van der Waals surface area contributed by atoms with Crippen molar-refractivity contribution in [2.45, 2.75) is 0 Å². The maximum atomic E-state index is 10.5. The van der Waals surface area contributed by atoms with Crippen molar-refractivity contribution in [2.24, 2.45) is 10.2 Å². The van der Waals surface area contributed by atoms with Gasteiger partial charge in [-0.1, -0.05) is 0 Å². The molecule has 0 aliphatic carbocycles. The molecule has 0 fully saturated rings. The molecule has 0 aliphatic heterocycles. The highest BCUT2D eigenvalue weighted by atomic mass is 16.6. The second-order valence-corrected chi connectivity index (χ2v) is 3.56. The number of nitrogens with zero attached hydrogens (tertiary/aromatic N) is 5. The number of hydrogen-bond donors (Lipinski definition) is 3. The molecule has 10 nitrogen and oxygen atoms in total. The fourth-order valence-electron chi connectivity index (χ4n) is 1.32. The van der Waals surface area contributed by atoms with Gasteiger partial charge < -0.3 is 15.8 Å². The molecule has 10 heteroatoms. The minimum atomic E-state index is -0.646. The highest BCUT2D eigenvalue weighted by Crippen LogP contribution is 2.31. The van der Waals surface area contributed by atoms with E-state index in [0.29, 0.717) is 0 Å². The number of H-pyrrole nitrogens is 1. The van der Waals surface area contributed by atoms with Gasteiger partial charge >= 0.3 is 0 Å². The predicted molar refractivity (Wildman–Crippen MR) is 66.7 cm³/mol. The average molecular weight is 273 g/mol. The number of nitro groups is 1. The summed E-state index contributed by atoms with van der Waals surface area (Å²) in [4.78, 5) is 16.1. The van der Waals surface area contributed by atoms with Crippen molar-refractivity contribution in [1.82, 2.24) is 9.97 Å². The second kappa shape index (κ2) is 5.02. The van der Waals surface area contributed by atoms with Gasteiger partial charge in [0.15, 0.2) is 11.5 Å². The van der Waals surface area contributed by atoms with E-state index in [1.165, 1.54) is 12.1 Å². The van der Waals surface area contributed by atoms with Gasteiger partial charge in [-0.25, -0.2) is 0 Å². The zero-order valence-electron chi connectivity index (χ0n) is 9.81. The monoisotopic (exact) mass is 273 g/mol. The van der Waals surface area contributed by atoms with E-state index >= 15 is 0 Å². The third-order valence-electron chi connectivity index (χ3n) is 2.25. The number of anilines is 1. The van der Waals surface area contributed by atoms with Crippen LogP contribution in [0.15, 0.2) is 28.4 Å². The maximum absolute atomic E-state index is 10.5. The molecule has 1 heterocycles. The molecule has 0 radical (unpaired) electrons. The largest absolute Gasteiger partial charge is 0.505 e. The van der Waals surface area contributed by atoms with Crippen LogP contribution in [0.2, 0.25) is 0 Å². The number of hydrogen-bond acceptors (Lipinski definition) is 8. The summed E-state index contributed by atoms with van der Waals surface area (Å²) in [5.41, 5.74) is 5.21. The van der Waals surface area contributed by atoms with Crippen molar-refractivity contribution in [1.29, 1.82) is 5.26 Å². The van der Waals surface area contributed by atoms with E-state index in [-0.39, 0.29) is 28.8 Å². The van der Waals surface area contributed by atoms with Gasteiger partial charge in [0.25, 0.3) is 5.69 Å². The standard InChI is InChI=1S/C10H7N7O3/c11-4-7-9(12)14-10(13-7)16-15-6-2-1-5(17(19)20)3-8(6)18/h1-3,18H,12H2,(H,13,14). The minimum Gasteiger partial charge on any atom is -0.505 e. The molecule has 0 spiro atoms. The molecule has 0 atom stereocenters. The minimum absolute atomic E-state index is 0.0168. The van der Waals surface area contributed by atoms with Crippen molar-refractivity contribution in [3.8, 4) is 11.8 Å². The zero-order chi connectivity index (χ0) is 14.7. The molecule has 0 amide bonds. The molecular formula is C10H7N7O3. The Bertz CT molecular complexity index is 744. The molecule has 4 N–H and O–H groups in total. The Kier molecular flexibility index (Phi) is 3.26. The maximum Gasteiger partial charge on any atom is 0.273 e. The van der Waals surface area contributed by atoms with Crippen LogP contribution < -0.4 is 5.73 Å². The number of phenolic OH excluding ortho intramolecular Hbond substituents is 1. The summed E-state index contributed by atoms with van der Waals surface area (Å²) in [6.45, 7) is 0. The second-order valence-electron chi connectivity index (χ2n) is 3.56. The lowest BCUT2D eigenvalue weighted by Gasteiger charge is -1.96. The number of benzene rings is 1. The first-order chi connectivity index (χ1) is 9.51. The molecule has 100 valence electrons. The first kappa shape index (κ1) is 13.0. The van der Waals surface area contributed by atoms with Crippen LogP contribution in [-0.2, 0) is 0 Å². The van der Waals surface area contributed by atoms with Crippen molar-refractivity contribution >= 4 is 23.1 Å². The lowest BCUT2D eigenvalue weighted by atomic mass is 10.2. The zero-order valence-corrected chi connectivity index (χ0v) is 9.81. The predicted octanol–water partition coefficient (Wildman–Crippen LogP) is 1.89. The Balaban J connectivity index is 2.27. The molecule has 0 unspecified atom stereocenters. The smallest absolute Gasteiger partial charge is 0.273 e. The van der Waals surface area contributed by atoms with E-state index in [1.807, 2.05) is 0 Å². The lowest BCUT2D eigenvalue weighted by molar-refractivity contribution is -0.384. The number of nitrogens with two attached hydrogens (primary N) is 1. The highest BCUT2D eigenvalue weighted by Gasteiger charge is 2.10. The van der Waals surface area contributed by atoms with E-state index in [4.69, 9.17) is 11.0 Å². The third kappa shape index (κ3) is 2.51. The van der Waals surface area contributed by atoms with Gasteiger partial charge in [0.2, 0.25) is 5.95 Å². The van der Waals surface area contributed by atoms with Crippen molar-refractivity contribution < 1.29 is 10.0 Å². The molecule has 0 saturated carbocycles. The van der Waals surface area contributed by atoms with E-state index in [0.717, 1.165) is 6.07 Å². The van der Waals surface area contributed by atoms with Gasteiger partial charge in [-0.15, -0.1) is 10.2 Å². The van der Waals surface area contributed by atoms with Crippen LogP contribution in [0.25, 0.3) is 0 Å². The Hall–Kier alpha value is -3.48. The van der Waals surface area contributed by atoms with Gasteiger partial charge in [-0.3, -0.25) is 10.1 Å². The highest BCUT2D eigenvalue weighted by molar-refractivity contribution is 5.56. The summed E-state index contributed by atoms with van der Waals surface area (Å²) < 4.78 is 0. The molecular weight excluding hydrogens is 266 g/mol. The van der Waals surface area contributed by atoms with Crippen molar-refractivity contribution in [3.05, 3.63) is 34.0 Å². The Labute approximate surface area is 111 Å². The molecule has 1 aromatic heterocycles. The molecule has 0 aliphatic rings. The normalized spacial score (nSPS) is 10.6. The van der Waals surface area contributed by atoms with Crippen LogP contribution in [0.4, 0.5) is 23.1 Å². The molecule has 0 bridgehead atoms. The SMILES string of the molecule is N#Cc1[nH]c(N=Nc2ccc([N+](=O)[O-])cc2O)nc1N. The number of non-ortho nitro benzene ring substituents is 1. The summed E-state index contributed by atoms with van der Waals surface area (Å²) in [6, 6.07) is 5.13. The number of nitrogens with one attached hydrogen (secondary N) is 1. The van der Waals surface area contributed by atoms with Crippen LogP contribution in [0.5, 0.6) is 5.75 Å². The van der Waals surface area contributed by atoms with Crippen molar-refractivity contribution in [2.75, 3.05) is 5.73 Å². The van der Waals surface area contributed by atoms with Crippen LogP contribution in [-0.4, -0.2) is 20.0 Å². The summed E-state index contributed by atoms with van der Waals surface area (Å²) >= 11 is 0. The number of rotatable bonds is 3. The number of imidazole rings is 1. The first-order valence-corrected chi connectivity index (χ1v) is 5.16. The molecule has 2 aromatic rings. The Morgan fingerprint density at radius 3 is 2.80 bits per heavy atom. The number of aromatic hydroxyl groups is 1. The third-order valence-corrected chi connectivity index (χ3v) is 2.25. The van der Waals surface area contributed by atoms with E-state index in [1.54, 1.807) is 6.07 Å². The molecule has 2 rings (SSSR count). The number of aromatic nitrogens is 2. The van der Waals surface area contributed by atoms with Crippen LogP contribution in [0.1, 0.15) is 5.69 Å². The van der Waals surface area contributed by atoms with Crippen LogP contribution in [0.3, 0.4) is 0 Å². The van der Waals surface area contributed by atoms with Crippen LogP contribution >= 0.6 is 0 Å². The Morgan fingerprint density at radius 1 is 1.50 bits per heavy atom. The molecule has 20 heavy (non-hydrogen) atoms. The van der Waals surface area contributed by atoms with Crippen LogP contribution in [0, 0.1) is 21.4 Å². The number of nitro benzene ring substituents is 1. The number of nitriles is 1. The molecule has 1 aromatic carbocycles. The number of azo groups is 1. The van der Waals surface area contributed by atoms with Gasteiger partial charge in [0.05, 0.1) is 11.0 Å². The van der Waals surface area contributed by atoms with E-state index in [9.17, 15) is 15.2 Å². The number of phenols is 1. The van der Waals surface area contributed by atoms with Crippen molar-refractivity contribution in [3.63, 3.8) is 0 Å². The van der Waals surface area contributed by atoms with E-state index in [2.05, 4.69) is 20.2 Å². The first-order valence-electron chi connectivity index (χ1n) is 5.16. The fraction of sp³-hybridized carbons (Fsp3) is 0. The summed E-state index contributed by atoms with van der Waals surface area (Å²) in [5.74, 6) is -0.436. The number of nitrogen functional groups attached to an aromatic ring is 1. The van der Waals surface area contributed by atoms with E-state index < -0.39 is 10.7 Å². The Morgan fingerprint density at radius 2 is 2.25 bits per heavy atom. The van der Waals surface area contributed by atoms with Gasteiger partial charge in [0.1, 0.15) is 17.5 Å². The quantitative estimate of drug-likeness (QED) is 0.438. The summed E-state index contributed by atoms with van der Waals surface area (Å²) in [7, 11) is 0. The topological polar surface area (TPSA) is 167 Å².